The van der Waals surface area contributed by atoms with Gasteiger partial charge in [0.15, 0.2) is 0 Å². The molecule has 0 heterocycles. The Bertz CT molecular complexity index is 287. The van der Waals surface area contributed by atoms with Gasteiger partial charge in [0.05, 0.1) is 0 Å². The first-order valence-corrected chi connectivity index (χ1v) is 4.66. The molecule has 80 valence electrons. The summed E-state index contributed by atoms with van der Waals surface area (Å²) in [6.45, 7) is 4.85. The maximum Gasteiger partial charge on any atom is 2.00 e. The summed E-state index contributed by atoms with van der Waals surface area (Å²) in [5, 5.41) is 21.8. The van der Waals surface area contributed by atoms with Gasteiger partial charge in [-0.1, -0.05) is 20.8 Å². The summed E-state index contributed by atoms with van der Waals surface area (Å²) in [6, 6.07) is 0. The van der Waals surface area contributed by atoms with Gasteiger partial charge in [0.1, 0.15) is 0 Å². The Morgan fingerprint density at radius 1 is 1.20 bits per heavy atom. The molecule has 5 heteroatoms. The fraction of sp³-hybridized carbons (Fsp3) is 0.800. The molecule has 1 aliphatic rings. The molecular formula is C10H14O4Zn. The molecule has 0 bridgehead atoms. The van der Waals surface area contributed by atoms with Gasteiger partial charge in [0.2, 0.25) is 0 Å². The Morgan fingerprint density at radius 3 is 1.87 bits per heavy atom. The van der Waals surface area contributed by atoms with Crippen molar-refractivity contribution in [3.63, 3.8) is 0 Å². The van der Waals surface area contributed by atoms with Gasteiger partial charge in [0, 0.05) is 23.3 Å². The van der Waals surface area contributed by atoms with Crippen molar-refractivity contribution in [2.24, 2.45) is 16.7 Å². The topological polar surface area (TPSA) is 80.3 Å². The molecule has 0 N–H and O–H groups in total. The molecule has 2 atom stereocenters. The molecule has 4 nitrogen and oxygen atoms in total. The van der Waals surface area contributed by atoms with Crippen LogP contribution < -0.4 is 10.2 Å². The third kappa shape index (κ3) is 1.94. The number of rotatable bonds is 2. The van der Waals surface area contributed by atoms with Crippen LogP contribution in [0.15, 0.2) is 0 Å². The minimum absolute atomic E-state index is 0. The predicted octanol–water partition coefficient (Wildman–Crippen LogP) is -1.07. The fourth-order valence-corrected chi connectivity index (χ4v) is 2.28. The Kier molecular flexibility index (Phi) is 4.08. The second-order valence-corrected chi connectivity index (χ2v) is 4.75. The molecule has 0 radical (unpaired) electrons. The van der Waals surface area contributed by atoms with E-state index < -0.39 is 28.7 Å². The first-order valence-electron chi connectivity index (χ1n) is 4.66. The zero-order chi connectivity index (χ0) is 11.1. The third-order valence-corrected chi connectivity index (χ3v) is 3.96. The van der Waals surface area contributed by atoms with Crippen LogP contribution >= 0.6 is 0 Å². The largest absolute Gasteiger partial charge is 2.00 e. The summed E-state index contributed by atoms with van der Waals surface area (Å²) in [7, 11) is 0. The van der Waals surface area contributed by atoms with Crippen LogP contribution in [0.25, 0.3) is 0 Å². The van der Waals surface area contributed by atoms with Crippen LogP contribution in [0.1, 0.15) is 33.6 Å². The van der Waals surface area contributed by atoms with Crippen molar-refractivity contribution in [2.45, 2.75) is 33.6 Å². The number of carbonyl (C=O) groups excluding carboxylic acids is 2. The summed E-state index contributed by atoms with van der Waals surface area (Å²) >= 11 is 0. The quantitative estimate of drug-likeness (QED) is 0.594. The maximum absolute atomic E-state index is 11.0. The molecule has 2 unspecified atom stereocenters. The third-order valence-electron chi connectivity index (χ3n) is 3.96. The van der Waals surface area contributed by atoms with Crippen molar-refractivity contribution < 1.29 is 39.3 Å². The van der Waals surface area contributed by atoms with Crippen molar-refractivity contribution in [3.8, 4) is 0 Å². The summed E-state index contributed by atoms with van der Waals surface area (Å²) < 4.78 is 0. The molecule has 1 aliphatic carbocycles. The number of aliphatic carboxylic acids is 2. The number of hydrogen-bond acceptors (Lipinski definition) is 4. The Labute approximate surface area is 102 Å². The predicted molar refractivity (Wildman–Crippen MR) is 44.6 cm³/mol. The monoisotopic (exact) mass is 262 g/mol. The van der Waals surface area contributed by atoms with E-state index >= 15 is 0 Å². The normalized spacial score (nSPS) is 33.1. The summed E-state index contributed by atoms with van der Waals surface area (Å²) in [5.74, 6) is -3.04. The number of carboxylic acid groups (broad SMARTS) is 2. The van der Waals surface area contributed by atoms with Crippen LogP contribution in [0.4, 0.5) is 0 Å². The second kappa shape index (κ2) is 4.21. The van der Waals surface area contributed by atoms with Crippen LogP contribution in [0.5, 0.6) is 0 Å². The van der Waals surface area contributed by atoms with E-state index in [4.69, 9.17) is 0 Å². The van der Waals surface area contributed by atoms with Gasteiger partial charge in [0.25, 0.3) is 0 Å². The average Bonchev–Trinajstić information content (AvgIpc) is 2.24. The number of carbonyl (C=O) groups is 2. The van der Waals surface area contributed by atoms with Crippen molar-refractivity contribution in [2.75, 3.05) is 0 Å². The minimum Gasteiger partial charge on any atom is -0.550 e. The van der Waals surface area contributed by atoms with Gasteiger partial charge in [-0.3, -0.25) is 0 Å². The molecule has 0 spiro atoms. The van der Waals surface area contributed by atoms with Crippen LogP contribution in [0.2, 0.25) is 0 Å². The SMILES string of the molecule is CC1(C(=O)[O-])CCC(C(=O)[O-])C1(C)C.[Zn+2]. The van der Waals surface area contributed by atoms with Gasteiger partial charge in [-0.25, -0.2) is 0 Å². The molecule has 0 aromatic heterocycles. The van der Waals surface area contributed by atoms with Gasteiger partial charge < -0.3 is 19.8 Å². The van der Waals surface area contributed by atoms with E-state index in [1.54, 1.807) is 20.8 Å². The van der Waals surface area contributed by atoms with Crippen molar-refractivity contribution in [1.29, 1.82) is 0 Å². The molecule has 0 amide bonds. The Balaban J connectivity index is 0.00000196. The summed E-state index contributed by atoms with van der Waals surface area (Å²) in [6.07, 6.45) is 0.681. The molecule has 1 rings (SSSR count). The molecular weight excluding hydrogens is 249 g/mol. The summed E-state index contributed by atoms with van der Waals surface area (Å²) in [5.41, 5.74) is -1.89. The fourth-order valence-electron chi connectivity index (χ4n) is 2.28. The maximum atomic E-state index is 11.0. The Morgan fingerprint density at radius 2 is 1.67 bits per heavy atom. The first kappa shape index (κ1) is 14.6. The van der Waals surface area contributed by atoms with Gasteiger partial charge in [-0.2, -0.15) is 0 Å². The number of carboxylic acids is 2. The van der Waals surface area contributed by atoms with Gasteiger partial charge in [-0.05, 0) is 18.3 Å². The van der Waals surface area contributed by atoms with E-state index in [-0.39, 0.29) is 19.5 Å². The van der Waals surface area contributed by atoms with E-state index in [1.165, 1.54) is 0 Å². The molecule has 0 saturated heterocycles. The standard InChI is InChI=1S/C10H16O4.Zn/c1-9(2)6(7(11)12)4-5-10(9,3)8(13)14;/h6H,4-5H2,1-3H3,(H,11,12)(H,13,14);/q;+2/p-2. The van der Waals surface area contributed by atoms with E-state index in [2.05, 4.69) is 0 Å². The first-order chi connectivity index (χ1) is 6.23. The number of hydrogen-bond donors (Lipinski definition) is 0. The molecule has 0 aliphatic heterocycles. The zero-order valence-electron chi connectivity index (χ0n) is 9.33. The van der Waals surface area contributed by atoms with Gasteiger partial charge >= 0.3 is 19.5 Å². The van der Waals surface area contributed by atoms with Crippen LogP contribution in [-0.4, -0.2) is 11.9 Å². The van der Waals surface area contributed by atoms with Crippen molar-refractivity contribution in [3.05, 3.63) is 0 Å². The van der Waals surface area contributed by atoms with E-state index in [1.807, 2.05) is 0 Å². The molecule has 15 heavy (non-hydrogen) atoms. The van der Waals surface area contributed by atoms with Crippen LogP contribution in [-0.2, 0) is 29.1 Å². The smallest absolute Gasteiger partial charge is 0.550 e. The Hall–Kier alpha value is -0.437. The zero-order valence-corrected chi connectivity index (χ0v) is 12.3. The molecule has 0 aromatic rings. The second-order valence-electron chi connectivity index (χ2n) is 4.75. The van der Waals surface area contributed by atoms with Crippen molar-refractivity contribution in [1.82, 2.24) is 0 Å². The molecule has 1 fully saturated rings. The summed E-state index contributed by atoms with van der Waals surface area (Å²) in [4.78, 5) is 21.8. The van der Waals surface area contributed by atoms with E-state index in [0.29, 0.717) is 12.8 Å². The molecule has 0 aromatic carbocycles. The van der Waals surface area contributed by atoms with Gasteiger partial charge in [-0.15, -0.1) is 0 Å². The van der Waals surface area contributed by atoms with Crippen molar-refractivity contribution >= 4 is 11.9 Å². The molecule has 1 saturated carbocycles. The van der Waals surface area contributed by atoms with E-state index in [9.17, 15) is 19.8 Å². The minimum atomic E-state index is -1.17. The average molecular weight is 264 g/mol. The van der Waals surface area contributed by atoms with E-state index in [0.717, 1.165) is 0 Å². The van der Waals surface area contributed by atoms with Crippen LogP contribution in [0, 0.1) is 16.7 Å². The van der Waals surface area contributed by atoms with Crippen LogP contribution in [0.3, 0.4) is 0 Å².